The molecule has 4 aliphatic carbocycles. The van der Waals surface area contributed by atoms with Crippen LogP contribution < -0.4 is 0 Å². The van der Waals surface area contributed by atoms with Crippen LogP contribution in [0, 0.1) is 34.5 Å². The van der Waals surface area contributed by atoms with Crippen LogP contribution in [-0.4, -0.2) is 11.9 Å². The van der Waals surface area contributed by atoms with E-state index in [2.05, 4.69) is 13.8 Å². The molecule has 4 fully saturated rings. The van der Waals surface area contributed by atoms with Crippen LogP contribution in [0.3, 0.4) is 0 Å². The lowest BCUT2D eigenvalue weighted by Gasteiger charge is -2.33. The van der Waals surface area contributed by atoms with E-state index in [0.29, 0.717) is 23.7 Å². The van der Waals surface area contributed by atoms with Gasteiger partial charge in [0.2, 0.25) is 0 Å². The molecule has 0 aliphatic heterocycles. The fourth-order valence-electron chi connectivity index (χ4n) is 6.17. The Morgan fingerprint density at radius 2 is 1.29 bits per heavy atom. The van der Waals surface area contributed by atoms with Crippen molar-refractivity contribution in [2.24, 2.45) is 34.5 Å². The van der Waals surface area contributed by atoms with Gasteiger partial charge < -0.3 is 4.74 Å². The lowest BCUT2D eigenvalue weighted by molar-refractivity contribution is -0.176. The summed E-state index contributed by atoms with van der Waals surface area (Å²) in [6.07, 6.45) is 8.29. The maximum atomic E-state index is 12.7. The van der Waals surface area contributed by atoms with E-state index in [1.54, 1.807) is 0 Å². The summed E-state index contributed by atoms with van der Waals surface area (Å²) in [6, 6.07) is 0. The Hall–Kier alpha value is -0.860. The van der Waals surface area contributed by atoms with Crippen molar-refractivity contribution >= 4 is 11.9 Å². The van der Waals surface area contributed by atoms with Crippen LogP contribution in [0.2, 0.25) is 0 Å². The van der Waals surface area contributed by atoms with E-state index >= 15 is 0 Å². The molecule has 4 saturated carbocycles. The fraction of sp³-hybridized carbons (Fsp3) is 0.889. The average molecular weight is 290 g/mol. The van der Waals surface area contributed by atoms with Crippen LogP contribution >= 0.6 is 0 Å². The second-order valence-corrected chi connectivity index (χ2v) is 8.48. The molecule has 0 aromatic rings. The van der Waals surface area contributed by atoms with Crippen LogP contribution in [0.25, 0.3) is 0 Å². The Morgan fingerprint density at radius 3 is 1.57 bits per heavy atom. The topological polar surface area (TPSA) is 43.4 Å². The van der Waals surface area contributed by atoms with Gasteiger partial charge in [-0.15, -0.1) is 0 Å². The van der Waals surface area contributed by atoms with Gasteiger partial charge >= 0.3 is 11.9 Å². The van der Waals surface area contributed by atoms with Crippen molar-refractivity contribution in [2.45, 2.75) is 65.2 Å². The Bertz CT molecular complexity index is 455. The molecule has 4 aliphatic rings. The Kier molecular flexibility index (Phi) is 2.84. The van der Waals surface area contributed by atoms with Crippen LogP contribution in [-0.2, 0) is 14.3 Å². The highest BCUT2D eigenvalue weighted by Gasteiger charge is 2.60. The van der Waals surface area contributed by atoms with E-state index in [9.17, 15) is 9.59 Å². The molecular formula is C18H26O3. The third-order valence-corrected chi connectivity index (χ3v) is 7.56. The number of hydrogen-bond acceptors (Lipinski definition) is 3. The maximum Gasteiger partial charge on any atom is 0.320 e. The predicted molar refractivity (Wildman–Crippen MR) is 78.2 cm³/mol. The summed E-state index contributed by atoms with van der Waals surface area (Å²) in [5, 5.41) is 0. The normalized spacial score (nSPS) is 50.6. The number of fused-ring (bicyclic) bond motifs is 4. The largest absolute Gasteiger partial charge is 0.392 e. The maximum absolute atomic E-state index is 12.7. The lowest BCUT2D eigenvalue weighted by Crippen LogP contribution is -2.41. The summed E-state index contributed by atoms with van der Waals surface area (Å²) in [5.74, 6) is 1.73. The van der Waals surface area contributed by atoms with Crippen LogP contribution in [0.5, 0.6) is 0 Å². The molecule has 21 heavy (non-hydrogen) atoms. The van der Waals surface area contributed by atoms with Gasteiger partial charge in [0, 0.05) is 0 Å². The molecule has 6 unspecified atom stereocenters. The van der Waals surface area contributed by atoms with E-state index in [1.165, 1.54) is 0 Å². The third kappa shape index (κ3) is 1.72. The van der Waals surface area contributed by atoms with E-state index < -0.39 is 0 Å². The first-order chi connectivity index (χ1) is 9.96. The molecule has 0 saturated heterocycles. The molecule has 6 atom stereocenters. The van der Waals surface area contributed by atoms with E-state index in [0.717, 1.165) is 51.4 Å². The van der Waals surface area contributed by atoms with Crippen LogP contribution in [0.15, 0.2) is 0 Å². The van der Waals surface area contributed by atoms with Crippen molar-refractivity contribution in [3.63, 3.8) is 0 Å². The number of carbonyl (C=O) groups excluding carboxylic acids is 2. The Labute approximate surface area is 126 Å². The van der Waals surface area contributed by atoms with Gasteiger partial charge in [0.15, 0.2) is 0 Å². The number of rotatable bonds is 2. The summed E-state index contributed by atoms with van der Waals surface area (Å²) in [4.78, 5) is 25.5. The summed E-state index contributed by atoms with van der Waals surface area (Å²) >= 11 is 0. The van der Waals surface area contributed by atoms with Gasteiger partial charge in [-0.3, -0.25) is 9.59 Å². The van der Waals surface area contributed by atoms with Crippen LogP contribution in [0.1, 0.15) is 65.2 Å². The average Bonchev–Trinajstić information content (AvgIpc) is 3.15. The molecule has 0 heterocycles. The zero-order valence-electron chi connectivity index (χ0n) is 13.2. The molecule has 116 valence electrons. The smallest absolute Gasteiger partial charge is 0.320 e. The zero-order valence-corrected chi connectivity index (χ0v) is 13.2. The molecule has 3 nitrogen and oxygen atoms in total. The van der Waals surface area contributed by atoms with Gasteiger partial charge in [-0.1, -0.05) is 13.8 Å². The molecule has 4 rings (SSSR count). The first-order valence-electron chi connectivity index (χ1n) is 8.73. The second kappa shape index (κ2) is 4.33. The molecule has 0 N–H and O–H groups in total. The van der Waals surface area contributed by atoms with Gasteiger partial charge in [0.1, 0.15) is 0 Å². The predicted octanol–water partition coefficient (Wildman–Crippen LogP) is 3.71. The minimum Gasteiger partial charge on any atom is -0.392 e. The number of hydrogen-bond donors (Lipinski definition) is 0. The van der Waals surface area contributed by atoms with Gasteiger partial charge in [0.25, 0.3) is 0 Å². The van der Waals surface area contributed by atoms with Crippen LogP contribution in [0.4, 0.5) is 0 Å². The highest BCUT2D eigenvalue weighted by atomic mass is 16.6. The third-order valence-electron chi connectivity index (χ3n) is 7.56. The molecule has 0 aromatic heterocycles. The zero-order chi connectivity index (χ0) is 14.8. The molecule has 0 aromatic carbocycles. The van der Waals surface area contributed by atoms with Gasteiger partial charge in [-0.05, 0) is 75.0 Å². The monoisotopic (exact) mass is 290 g/mol. The molecule has 0 spiro atoms. The molecule has 0 radical (unpaired) electrons. The summed E-state index contributed by atoms with van der Waals surface area (Å²) in [6.45, 7) is 4.32. The van der Waals surface area contributed by atoms with Gasteiger partial charge in [-0.25, -0.2) is 0 Å². The van der Waals surface area contributed by atoms with Gasteiger partial charge in [-0.2, -0.15) is 0 Å². The lowest BCUT2D eigenvalue weighted by atomic mass is 9.75. The van der Waals surface area contributed by atoms with Crippen molar-refractivity contribution in [1.29, 1.82) is 0 Å². The highest BCUT2D eigenvalue weighted by Crippen LogP contribution is 2.60. The molecule has 0 amide bonds. The number of carbonyl (C=O) groups is 2. The van der Waals surface area contributed by atoms with E-state index in [4.69, 9.17) is 4.74 Å². The Morgan fingerprint density at radius 1 is 0.857 bits per heavy atom. The van der Waals surface area contributed by atoms with E-state index in [1.807, 2.05) is 0 Å². The summed E-state index contributed by atoms with van der Waals surface area (Å²) in [7, 11) is 0. The quantitative estimate of drug-likeness (QED) is 0.575. The molecule has 3 heteroatoms. The standard InChI is InChI=1S/C18H26O3/c1-11-7-13-3-5-17(11,9-13)15(19)21-16(20)18-6-4-14(10-18)8-12(18)2/h11-14H,3-10H2,1-2H3. The minimum absolute atomic E-state index is 0.197. The minimum atomic E-state index is -0.336. The van der Waals surface area contributed by atoms with Crippen molar-refractivity contribution in [2.75, 3.05) is 0 Å². The first kappa shape index (κ1) is 13.8. The fourth-order valence-corrected chi connectivity index (χ4v) is 6.17. The van der Waals surface area contributed by atoms with Crippen molar-refractivity contribution in [3.8, 4) is 0 Å². The molecular weight excluding hydrogens is 264 g/mol. The van der Waals surface area contributed by atoms with Crippen molar-refractivity contribution in [1.82, 2.24) is 0 Å². The first-order valence-corrected chi connectivity index (χ1v) is 8.73. The molecule has 4 bridgehead atoms. The highest BCUT2D eigenvalue weighted by molar-refractivity contribution is 5.92. The van der Waals surface area contributed by atoms with Crippen molar-refractivity contribution < 1.29 is 14.3 Å². The number of ether oxygens (including phenoxy) is 1. The Balaban J connectivity index is 1.51. The summed E-state index contributed by atoms with van der Waals surface area (Å²) in [5.41, 5.74) is -0.673. The van der Waals surface area contributed by atoms with E-state index in [-0.39, 0.29) is 22.8 Å². The summed E-state index contributed by atoms with van der Waals surface area (Å²) < 4.78 is 5.52. The number of esters is 2. The SMILES string of the molecule is CC1CC2CCC1(C(=O)OC(=O)C13CCC(CC1C)C3)C2. The van der Waals surface area contributed by atoms with Gasteiger partial charge in [0.05, 0.1) is 10.8 Å². The van der Waals surface area contributed by atoms with Crippen molar-refractivity contribution in [3.05, 3.63) is 0 Å². The second-order valence-electron chi connectivity index (χ2n) is 8.48.